The summed E-state index contributed by atoms with van der Waals surface area (Å²) in [7, 11) is 0. The summed E-state index contributed by atoms with van der Waals surface area (Å²) < 4.78 is 36.4. The first kappa shape index (κ1) is 17.5. The number of halogens is 3. The maximum atomic E-state index is 12.1. The molecule has 24 heavy (non-hydrogen) atoms. The molecule has 0 aromatic carbocycles. The van der Waals surface area contributed by atoms with Crippen LogP contribution in [0.15, 0.2) is 11.4 Å². The number of fused-ring (bicyclic) bond motifs is 3. The highest BCUT2D eigenvalue weighted by atomic mass is 32.2. The number of aryl methyl sites for hydroxylation is 1. The van der Waals surface area contributed by atoms with Crippen molar-refractivity contribution in [2.75, 3.05) is 12.3 Å². The fourth-order valence-corrected chi connectivity index (χ4v) is 5.01. The molecule has 0 unspecified atom stereocenters. The van der Waals surface area contributed by atoms with Gasteiger partial charge in [-0.05, 0) is 30.7 Å². The van der Waals surface area contributed by atoms with E-state index >= 15 is 0 Å². The number of thioether (sulfide) groups is 1. The van der Waals surface area contributed by atoms with Crippen LogP contribution in [0.1, 0.15) is 23.8 Å². The van der Waals surface area contributed by atoms with Crippen LogP contribution in [0.5, 0.6) is 0 Å². The minimum atomic E-state index is -4.40. The van der Waals surface area contributed by atoms with Crippen molar-refractivity contribution >= 4 is 39.2 Å². The van der Waals surface area contributed by atoms with E-state index in [1.165, 1.54) is 16.8 Å². The number of thiophene rings is 1. The van der Waals surface area contributed by atoms with Crippen molar-refractivity contribution in [1.82, 2.24) is 15.3 Å². The van der Waals surface area contributed by atoms with Crippen LogP contribution in [0, 0.1) is 5.92 Å². The summed E-state index contributed by atoms with van der Waals surface area (Å²) in [5, 5.41) is 3.52. The molecule has 0 saturated carbocycles. The zero-order valence-corrected chi connectivity index (χ0v) is 14.6. The van der Waals surface area contributed by atoms with Crippen molar-refractivity contribution in [3.8, 4) is 0 Å². The van der Waals surface area contributed by atoms with Gasteiger partial charge in [0.15, 0.2) is 0 Å². The summed E-state index contributed by atoms with van der Waals surface area (Å²) in [5.74, 6) is -0.104. The molecule has 0 radical (unpaired) electrons. The summed E-state index contributed by atoms with van der Waals surface area (Å²) in [4.78, 5) is 22.4. The molecule has 1 aliphatic rings. The van der Waals surface area contributed by atoms with Crippen molar-refractivity contribution in [3.05, 3.63) is 16.8 Å². The molecule has 1 aliphatic carbocycles. The van der Waals surface area contributed by atoms with E-state index in [-0.39, 0.29) is 5.75 Å². The second-order valence-corrected chi connectivity index (χ2v) is 7.94. The van der Waals surface area contributed by atoms with Crippen LogP contribution >= 0.6 is 23.1 Å². The third-order valence-corrected chi connectivity index (χ3v) is 6.03. The van der Waals surface area contributed by atoms with Gasteiger partial charge in [0, 0.05) is 10.3 Å². The molecule has 1 N–H and O–H groups in total. The summed E-state index contributed by atoms with van der Waals surface area (Å²) in [6.45, 7) is 0.914. The van der Waals surface area contributed by atoms with Crippen LogP contribution in [0.4, 0.5) is 13.2 Å². The maximum Gasteiger partial charge on any atom is 0.405 e. The quantitative estimate of drug-likeness (QED) is 0.656. The summed E-state index contributed by atoms with van der Waals surface area (Å²) in [6.07, 6.45) is 0.128. The molecular weight excluding hydrogens is 359 g/mol. The minimum absolute atomic E-state index is 0.0940. The van der Waals surface area contributed by atoms with Crippen molar-refractivity contribution in [1.29, 1.82) is 0 Å². The second kappa shape index (κ2) is 6.87. The molecule has 0 aliphatic heterocycles. The van der Waals surface area contributed by atoms with Gasteiger partial charge in [0.25, 0.3) is 0 Å². The largest absolute Gasteiger partial charge is 0.405 e. The second-order valence-electron chi connectivity index (χ2n) is 5.89. The predicted molar refractivity (Wildman–Crippen MR) is 88.4 cm³/mol. The van der Waals surface area contributed by atoms with E-state index in [1.54, 1.807) is 11.3 Å². The molecule has 2 heterocycles. The summed E-state index contributed by atoms with van der Waals surface area (Å²) >= 11 is 2.81. The normalized spacial score (nSPS) is 17.8. The molecule has 4 nitrogen and oxygen atoms in total. The van der Waals surface area contributed by atoms with Crippen molar-refractivity contribution < 1.29 is 18.0 Å². The molecule has 0 fully saturated rings. The van der Waals surface area contributed by atoms with Crippen molar-refractivity contribution in [3.63, 3.8) is 0 Å². The highest BCUT2D eigenvalue weighted by Gasteiger charge is 2.28. The van der Waals surface area contributed by atoms with E-state index in [1.807, 2.05) is 5.32 Å². The van der Waals surface area contributed by atoms with Gasteiger partial charge in [-0.15, -0.1) is 11.3 Å². The molecule has 1 atom stereocenters. The number of hydrogen-bond donors (Lipinski definition) is 1. The van der Waals surface area contributed by atoms with Gasteiger partial charge in [0.2, 0.25) is 5.91 Å². The number of nitrogens with one attached hydrogen (secondary N) is 1. The number of carbonyl (C=O) groups excluding carboxylic acids is 1. The molecule has 2 aromatic heterocycles. The smallest absolute Gasteiger partial charge is 0.346 e. The molecule has 3 rings (SSSR count). The number of amides is 1. The highest BCUT2D eigenvalue weighted by molar-refractivity contribution is 8.00. The maximum absolute atomic E-state index is 12.1. The molecular formula is C15H16F3N3OS2. The standard InChI is InChI=1S/C15H16F3N3OS2/c1-8-2-3-9-10(4-8)24-14-12(9)13(20-7-21-14)23-5-11(22)19-6-15(16,17)18/h7-8H,2-6H2,1H3,(H,19,22)/t8-/m1/s1. The lowest BCUT2D eigenvalue weighted by Gasteiger charge is -2.18. The van der Waals surface area contributed by atoms with Crippen LogP contribution in [-0.4, -0.2) is 34.3 Å². The number of nitrogens with zero attached hydrogens (tertiary/aromatic N) is 2. The molecule has 9 heteroatoms. The van der Waals surface area contributed by atoms with Crippen LogP contribution in [0.3, 0.4) is 0 Å². The Morgan fingerprint density at radius 2 is 2.25 bits per heavy atom. The fraction of sp³-hybridized carbons (Fsp3) is 0.533. The lowest BCUT2D eigenvalue weighted by atomic mass is 9.89. The van der Waals surface area contributed by atoms with E-state index in [0.29, 0.717) is 10.9 Å². The Labute approximate surface area is 145 Å². The number of hydrogen-bond acceptors (Lipinski definition) is 5. The van der Waals surface area contributed by atoms with Gasteiger partial charge in [0.05, 0.1) is 5.75 Å². The summed E-state index contributed by atoms with van der Waals surface area (Å²) in [5.41, 5.74) is 1.24. The number of aromatic nitrogens is 2. The Hall–Kier alpha value is -1.35. The SMILES string of the molecule is C[C@@H]1CCc2c(sc3ncnc(SCC(=O)NCC(F)(F)F)c23)C1. The highest BCUT2D eigenvalue weighted by Crippen LogP contribution is 2.40. The first-order valence-electron chi connectivity index (χ1n) is 7.55. The first-order valence-corrected chi connectivity index (χ1v) is 9.35. The molecule has 1 amide bonds. The van der Waals surface area contributed by atoms with E-state index < -0.39 is 18.6 Å². The monoisotopic (exact) mass is 375 g/mol. The van der Waals surface area contributed by atoms with Crippen LogP contribution in [-0.2, 0) is 17.6 Å². The molecule has 130 valence electrons. The van der Waals surface area contributed by atoms with Gasteiger partial charge in [-0.2, -0.15) is 13.2 Å². The van der Waals surface area contributed by atoms with Gasteiger partial charge in [-0.3, -0.25) is 4.79 Å². The van der Waals surface area contributed by atoms with Crippen molar-refractivity contribution in [2.24, 2.45) is 5.92 Å². The zero-order valence-electron chi connectivity index (χ0n) is 12.9. The Bertz CT molecular complexity index is 760. The average Bonchev–Trinajstić information content (AvgIpc) is 2.88. The average molecular weight is 375 g/mol. The Morgan fingerprint density at radius 3 is 3.00 bits per heavy atom. The van der Waals surface area contributed by atoms with Crippen molar-refractivity contribution in [2.45, 2.75) is 37.4 Å². The lowest BCUT2D eigenvalue weighted by molar-refractivity contribution is -0.136. The lowest BCUT2D eigenvalue weighted by Crippen LogP contribution is -2.34. The molecule has 0 spiro atoms. The number of carbonyl (C=O) groups is 1. The van der Waals surface area contributed by atoms with Gasteiger partial charge >= 0.3 is 6.18 Å². The molecule has 0 saturated heterocycles. The van der Waals surface area contributed by atoms with Gasteiger partial charge in [-0.1, -0.05) is 18.7 Å². The molecule has 0 bridgehead atoms. The van der Waals surface area contributed by atoms with Crippen LogP contribution < -0.4 is 5.32 Å². The number of alkyl halides is 3. The Morgan fingerprint density at radius 1 is 1.46 bits per heavy atom. The topological polar surface area (TPSA) is 54.9 Å². The van der Waals surface area contributed by atoms with E-state index in [4.69, 9.17) is 0 Å². The van der Waals surface area contributed by atoms with Gasteiger partial charge in [0.1, 0.15) is 22.7 Å². The number of rotatable bonds is 4. The Balaban J connectivity index is 1.74. The zero-order chi connectivity index (χ0) is 17.3. The van der Waals surface area contributed by atoms with E-state index in [2.05, 4.69) is 16.9 Å². The fourth-order valence-electron chi connectivity index (χ4n) is 2.74. The van der Waals surface area contributed by atoms with Crippen LogP contribution in [0.25, 0.3) is 10.2 Å². The predicted octanol–water partition coefficient (Wildman–Crippen LogP) is 3.59. The third kappa shape index (κ3) is 4.00. The van der Waals surface area contributed by atoms with E-state index in [9.17, 15) is 18.0 Å². The first-order chi connectivity index (χ1) is 11.3. The van der Waals surface area contributed by atoms with Gasteiger partial charge in [-0.25, -0.2) is 9.97 Å². The summed E-state index contributed by atoms with van der Waals surface area (Å²) in [6, 6.07) is 0. The van der Waals surface area contributed by atoms with E-state index in [0.717, 1.165) is 41.2 Å². The molecule has 2 aromatic rings. The van der Waals surface area contributed by atoms with Crippen LogP contribution in [0.2, 0.25) is 0 Å². The van der Waals surface area contributed by atoms with Gasteiger partial charge < -0.3 is 5.32 Å². The minimum Gasteiger partial charge on any atom is -0.346 e. The third-order valence-electron chi connectivity index (χ3n) is 3.88. The Kier molecular flexibility index (Phi) is 5.00.